The molecule has 1 N–H and O–H groups in total. The minimum Gasteiger partial charge on any atom is -0.339 e. The van der Waals surface area contributed by atoms with Crippen LogP contribution in [0.25, 0.3) is 0 Å². The Morgan fingerprint density at radius 2 is 2.12 bits per heavy atom. The van der Waals surface area contributed by atoms with Gasteiger partial charge in [-0.25, -0.2) is 4.98 Å². The number of anilines is 1. The van der Waals surface area contributed by atoms with E-state index in [1.165, 1.54) is 17.5 Å². The second-order valence-electron chi connectivity index (χ2n) is 5.99. The minimum atomic E-state index is -0.208. The summed E-state index contributed by atoms with van der Waals surface area (Å²) in [6.07, 6.45) is 3.53. The largest absolute Gasteiger partial charge is 0.339 e. The van der Waals surface area contributed by atoms with E-state index in [9.17, 15) is 4.79 Å². The lowest BCUT2D eigenvalue weighted by molar-refractivity contribution is 0.101. The van der Waals surface area contributed by atoms with E-state index in [2.05, 4.69) is 24.1 Å². The molecule has 4 nitrogen and oxygen atoms in total. The second-order valence-corrected chi connectivity index (χ2v) is 8.09. The van der Waals surface area contributed by atoms with Gasteiger partial charge in [-0.15, -0.1) is 0 Å². The molecule has 25 heavy (non-hydrogen) atoms. The molecule has 130 valence electrons. The Morgan fingerprint density at radius 3 is 2.76 bits per heavy atom. The third-order valence-electron chi connectivity index (χ3n) is 3.76. The highest BCUT2D eigenvalue weighted by atomic mass is 35.5. The first-order valence-electron chi connectivity index (χ1n) is 7.79. The molecule has 0 aliphatic carbocycles. The summed E-state index contributed by atoms with van der Waals surface area (Å²) >= 11 is 13.2. The van der Waals surface area contributed by atoms with E-state index in [0.717, 1.165) is 11.1 Å². The van der Waals surface area contributed by atoms with Crippen molar-refractivity contribution in [3.05, 3.63) is 68.9 Å². The second kappa shape index (κ2) is 7.60. The van der Waals surface area contributed by atoms with Crippen LogP contribution in [0.1, 0.15) is 41.4 Å². The Hall–Kier alpha value is -1.82. The maximum atomic E-state index is 12.7. The summed E-state index contributed by atoms with van der Waals surface area (Å²) in [7, 11) is 0. The zero-order valence-electron chi connectivity index (χ0n) is 13.8. The Balaban J connectivity index is 1.90. The van der Waals surface area contributed by atoms with Gasteiger partial charge in [0.05, 0.1) is 6.20 Å². The molecule has 0 radical (unpaired) electrons. The van der Waals surface area contributed by atoms with Crippen molar-refractivity contribution in [2.24, 2.45) is 0 Å². The molecule has 7 heteroatoms. The van der Waals surface area contributed by atoms with Crippen LogP contribution in [0.2, 0.25) is 9.36 Å². The molecule has 1 amide bonds. The molecule has 3 rings (SSSR count). The van der Waals surface area contributed by atoms with Gasteiger partial charge in [0.1, 0.15) is 10.0 Å². The van der Waals surface area contributed by atoms with E-state index >= 15 is 0 Å². The van der Waals surface area contributed by atoms with Crippen LogP contribution in [0.15, 0.2) is 42.7 Å². The van der Waals surface area contributed by atoms with Crippen LogP contribution in [0.4, 0.5) is 5.13 Å². The van der Waals surface area contributed by atoms with Crippen LogP contribution < -0.4 is 5.32 Å². The Bertz CT molecular complexity index is 901. The summed E-state index contributed by atoms with van der Waals surface area (Å²) in [4.78, 5) is 16.8. The summed E-state index contributed by atoms with van der Waals surface area (Å²) in [6.45, 7) is 4.76. The van der Waals surface area contributed by atoms with Crippen molar-refractivity contribution < 1.29 is 4.79 Å². The molecular weight excluding hydrogens is 377 g/mol. The van der Waals surface area contributed by atoms with Crippen molar-refractivity contribution in [3.63, 3.8) is 0 Å². The molecule has 0 saturated carbocycles. The Kier molecular flexibility index (Phi) is 5.47. The number of thiazole rings is 1. The first-order valence-corrected chi connectivity index (χ1v) is 9.37. The molecule has 3 aromatic rings. The zero-order chi connectivity index (χ0) is 18.0. The molecule has 0 bridgehead atoms. The average molecular weight is 394 g/mol. The van der Waals surface area contributed by atoms with E-state index < -0.39 is 0 Å². The van der Waals surface area contributed by atoms with Gasteiger partial charge < -0.3 is 4.57 Å². The summed E-state index contributed by atoms with van der Waals surface area (Å²) in [6, 6.07) is 9.55. The predicted molar refractivity (Wildman–Crippen MR) is 104 cm³/mol. The molecule has 0 atom stereocenters. The van der Waals surface area contributed by atoms with Gasteiger partial charge in [0, 0.05) is 17.8 Å². The third-order valence-corrected chi connectivity index (χ3v) is 5.02. The standard InChI is InChI=1S/C18H17Cl2N3OS/c1-11(2)13-7-15(17(24)22-18-21-8-16(20)25-18)23(10-13)9-12-4-3-5-14(19)6-12/h3-8,10-11H,9H2,1-2H3,(H,21,22,24). The fraction of sp³-hybridized carbons (Fsp3) is 0.222. The van der Waals surface area contributed by atoms with Gasteiger partial charge in [0.2, 0.25) is 0 Å². The summed E-state index contributed by atoms with van der Waals surface area (Å²) in [5.41, 5.74) is 2.71. The van der Waals surface area contributed by atoms with Crippen molar-refractivity contribution >= 4 is 45.6 Å². The highest BCUT2D eigenvalue weighted by Gasteiger charge is 2.17. The lowest BCUT2D eigenvalue weighted by Gasteiger charge is -2.09. The Labute approximate surface area is 160 Å². The molecule has 0 saturated heterocycles. The lowest BCUT2D eigenvalue weighted by atomic mass is 10.1. The molecule has 1 aromatic carbocycles. The zero-order valence-corrected chi connectivity index (χ0v) is 16.1. The molecular formula is C18H17Cl2N3OS. The van der Waals surface area contributed by atoms with E-state index in [-0.39, 0.29) is 5.91 Å². The number of carbonyl (C=O) groups is 1. The van der Waals surface area contributed by atoms with E-state index in [1.54, 1.807) is 0 Å². The monoisotopic (exact) mass is 393 g/mol. The van der Waals surface area contributed by atoms with Crippen LogP contribution in [-0.2, 0) is 6.54 Å². The number of carbonyl (C=O) groups excluding carboxylic acids is 1. The van der Waals surface area contributed by atoms with Crippen molar-refractivity contribution in [2.45, 2.75) is 26.3 Å². The van der Waals surface area contributed by atoms with E-state index in [1.807, 2.05) is 41.1 Å². The van der Waals surface area contributed by atoms with Gasteiger partial charge in [0.25, 0.3) is 5.91 Å². The highest BCUT2D eigenvalue weighted by Crippen LogP contribution is 2.25. The fourth-order valence-corrected chi connectivity index (χ4v) is 3.50. The van der Waals surface area contributed by atoms with Crippen molar-refractivity contribution in [1.82, 2.24) is 9.55 Å². The van der Waals surface area contributed by atoms with Gasteiger partial charge in [-0.2, -0.15) is 0 Å². The fourth-order valence-electron chi connectivity index (χ4n) is 2.48. The highest BCUT2D eigenvalue weighted by molar-refractivity contribution is 7.19. The first-order chi connectivity index (χ1) is 11.9. The van der Waals surface area contributed by atoms with Crippen LogP contribution >= 0.6 is 34.5 Å². The average Bonchev–Trinajstić information content (AvgIpc) is 3.14. The molecule has 0 aliphatic heterocycles. The van der Waals surface area contributed by atoms with Gasteiger partial charge in [0.15, 0.2) is 5.13 Å². The van der Waals surface area contributed by atoms with E-state index in [0.29, 0.717) is 32.6 Å². The summed E-state index contributed by atoms with van der Waals surface area (Å²) < 4.78 is 2.47. The van der Waals surface area contributed by atoms with Crippen LogP contribution in [0.5, 0.6) is 0 Å². The van der Waals surface area contributed by atoms with Gasteiger partial charge in [-0.1, -0.05) is 60.5 Å². The molecule has 0 spiro atoms. The normalized spacial score (nSPS) is 11.1. The molecule has 0 unspecified atom stereocenters. The maximum Gasteiger partial charge on any atom is 0.274 e. The first kappa shape index (κ1) is 18.0. The number of halogens is 2. The van der Waals surface area contributed by atoms with Gasteiger partial charge >= 0.3 is 0 Å². The number of nitrogens with zero attached hydrogens (tertiary/aromatic N) is 2. The number of aromatic nitrogens is 2. The number of nitrogens with one attached hydrogen (secondary N) is 1. The molecule has 0 aliphatic rings. The smallest absolute Gasteiger partial charge is 0.274 e. The minimum absolute atomic E-state index is 0.208. The molecule has 2 aromatic heterocycles. The third kappa shape index (κ3) is 4.42. The number of hydrogen-bond donors (Lipinski definition) is 1. The predicted octanol–water partition coefficient (Wildman–Crippen LogP) is 5.68. The lowest BCUT2D eigenvalue weighted by Crippen LogP contribution is -2.17. The number of rotatable bonds is 5. The Morgan fingerprint density at radius 1 is 1.32 bits per heavy atom. The maximum absolute atomic E-state index is 12.7. The topological polar surface area (TPSA) is 46.9 Å². The van der Waals surface area contributed by atoms with E-state index in [4.69, 9.17) is 23.2 Å². The molecule has 2 heterocycles. The summed E-state index contributed by atoms with van der Waals surface area (Å²) in [5, 5.41) is 3.97. The van der Waals surface area contributed by atoms with Crippen LogP contribution in [0, 0.1) is 0 Å². The van der Waals surface area contributed by atoms with Crippen LogP contribution in [-0.4, -0.2) is 15.5 Å². The van der Waals surface area contributed by atoms with Gasteiger partial charge in [-0.05, 0) is 35.2 Å². The van der Waals surface area contributed by atoms with Gasteiger partial charge in [-0.3, -0.25) is 10.1 Å². The summed E-state index contributed by atoms with van der Waals surface area (Å²) in [5.74, 6) is 0.112. The number of benzene rings is 1. The number of hydrogen-bond acceptors (Lipinski definition) is 3. The quantitative estimate of drug-likeness (QED) is 0.606. The number of amides is 1. The SMILES string of the molecule is CC(C)c1cc(C(=O)Nc2ncc(Cl)s2)n(Cc2cccc(Cl)c2)c1. The van der Waals surface area contributed by atoms with Crippen molar-refractivity contribution in [3.8, 4) is 0 Å². The van der Waals surface area contributed by atoms with Crippen LogP contribution in [0.3, 0.4) is 0 Å². The molecule has 0 fully saturated rings. The van der Waals surface area contributed by atoms with Crippen molar-refractivity contribution in [2.75, 3.05) is 5.32 Å². The van der Waals surface area contributed by atoms with Crippen molar-refractivity contribution in [1.29, 1.82) is 0 Å².